The fraction of sp³-hybridized carbons (Fsp3) is 0.214. The number of thiazole rings is 1. The second kappa shape index (κ2) is 5.83. The highest BCUT2D eigenvalue weighted by molar-refractivity contribution is 7.13. The molecule has 0 aliphatic carbocycles. The lowest BCUT2D eigenvalue weighted by Crippen LogP contribution is -2.22. The van der Waals surface area contributed by atoms with Gasteiger partial charge in [0.1, 0.15) is 4.88 Å². The Morgan fingerprint density at radius 1 is 1.25 bits per heavy atom. The maximum atomic E-state index is 12.0. The molecule has 0 aliphatic rings. The van der Waals surface area contributed by atoms with Crippen molar-refractivity contribution < 1.29 is 14.7 Å². The van der Waals surface area contributed by atoms with Crippen molar-refractivity contribution in [1.29, 1.82) is 0 Å². The minimum atomic E-state index is -0.962. The highest BCUT2D eigenvalue weighted by Gasteiger charge is 2.13. The molecule has 0 bridgehead atoms. The molecule has 5 nitrogen and oxygen atoms in total. The number of hydrogen-bond acceptors (Lipinski definition) is 4. The fourth-order valence-corrected chi connectivity index (χ4v) is 2.61. The predicted molar refractivity (Wildman–Crippen MR) is 76.2 cm³/mol. The van der Waals surface area contributed by atoms with Crippen LogP contribution in [-0.2, 0) is 6.54 Å². The molecule has 0 fully saturated rings. The second-order valence-electron chi connectivity index (χ2n) is 4.33. The van der Waals surface area contributed by atoms with Crippen molar-refractivity contribution in [3.63, 3.8) is 0 Å². The summed E-state index contributed by atoms with van der Waals surface area (Å²) in [5.41, 5.74) is 1.81. The second-order valence-corrected chi connectivity index (χ2v) is 5.54. The minimum absolute atomic E-state index is 0.157. The quantitative estimate of drug-likeness (QED) is 0.906. The molecule has 0 radical (unpaired) electrons. The number of carboxylic acids is 1. The van der Waals surface area contributed by atoms with Crippen LogP contribution in [0.1, 0.15) is 36.3 Å². The van der Waals surface area contributed by atoms with Crippen LogP contribution in [0.4, 0.5) is 0 Å². The van der Waals surface area contributed by atoms with Gasteiger partial charge in [-0.25, -0.2) is 9.78 Å². The van der Waals surface area contributed by atoms with E-state index < -0.39 is 5.97 Å². The van der Waals surface area contributed by atoms with E-state index in [0.717, 1.165) is 16.3 Å². The number of carbonyl (C=O) groups excluding carboxylic acids is 1. The summed E-state index contributed by atoms with van der Waals surface area (Å²) in [4.78, 5) is 27.5. The number of carboxylic acid groups (broad SMARTS) is 1. The first-order valence-electron chi connectivity index (χ1n) is 6.02. The summed E-state index contributed by atoms with van der Waals surface area (Å²) in [5.74, 6) is -1.12. The van der Waals surface area contributed by atoms with Crippen molar-refractivity contribution in [3.8, 4) is 0 Å². The first kappa shape index (κ1) is 14.2. The predicted octanol–water partition coefficient (Wildman–Crippen LogP) is 2.39. The van der Waals surface area contributed by atoms with Crippen LogP contribution in [0.25, 0.3) is 0 Å². The molecule has 6 heteroatoms. The van der Waals surface area contributed by atoms with Gasteiger partial charge in [-0.05, 0) is 31.5 Å². The monoisotopic (exact) mass is 290 g/mol. The first-order valence-corrected chi connectivity index (χ1v) is 6.83. The van der Waals surface area contributed by atoms with Crippen molar-refractivity contribution in [1.82, 2.24) is 10.3 Å². The van der Waals surface area contributed by atoms with Crippen molar-refractivity contribution in [2.24, 2.45) is 0 Å². The Balaban J connectivity index is 2.00. The van der Waals surface area contributed by atoms with Gasteiger partial charge in [0.05, 0.1) is 16.3 Å². The molecule has 1 heterocycles. The zero-order valence-electron chi connectivity index (χ0n) is 11.1. The van der Waals surface area contributed by atoms with Crippen LogP contribution in [0.2, 0.25) is 0 Å². The fourth-order valence-electron chi connectivity index (χ4n) is 1.77. The van der Waals surface area contributed by atoms with E-state index in [9.17, 15) is 9.59 Å². The van der Waals surface area contributed by atoms with E-state index in [2.05, 4.69) is 10.3 Å². The standard InChI is InChI=1S/C14H14N2O3S/c1-8-12(20-9(2)16-8)13(17)15-7-10-3-5-11(6-4-10)14(18)19/h3-6H,7H2,1-2H3,(H,15,17)(H,18,19). The number of nitrogens with zero attached hydrogens (tertiary/aromatic N) is 1. The third-order valence-electron chi connectivity index (χ3n) is 2.76. The van der Waals surface area contributed by atoms with Crippen LogP contribution in [0.15, 0.2) is 24.3 Å². The Bertz CT molecular complexity index is 647. The molecule has 1 amide bonds. The molecule has 1 aromatic carbocycles. The molecule has 2 aromatic rings. The van der Waals surface area contributed by atoms with E-state index in [1.54, 1.807) is 19.1 Å². The van der Waals surface area contributed by atoms with Crippen LogP contribution in [-0.4, -0.2) is 22.0 Å². The first-order chi connectivity index (χ1) is 9.47. The van der Waals surface area contributed by atoms with Gasteiger partial charge >= 0.3 is 5.97 Å². The van der Waals surface area contributed by atoms with Crippen molar-refractivity contribution >= 4 is 23.2 Å². The number of aromatic carboxylic acids is 1. The molecular formula is C14H14N2O3S. The van der Waals surface area contributed by atoms with E-state index >= 15 is 0 Å². The number of aryl methyl sites for hydroxylation is 2. The number of rotatable bonds is 4. The van der Waals surface area contributed by atoms with E-state index in [0.29, 0.717) is 11.4 Å². The van der Waals surface area contributed by atoms with E-state index in [4.69, 9.17) is 5.11 Å². The zero-order valence-corrected chi connectivity index (χ0v) is 12.0. The van der Waals surface area contributed by atoms with Gasteiger partial charge in [-0.2, -0.15) is 0 Å². The topological polar surface area (TPSA) is 79.3 Å². The lowest BCUT2D eigenvalue weighted by Gasteiger charge is -2.04. The smallest absolute Gasteiger partial charge is 0.335 e. The van der Waals surface area contributed by atoms with Gasteiger partial charge in [0.2, 0.25) is 0 Å². The van der Waals surface area contributed by atoms with Crippen molar-refractivity contribution in [2.45, 2.75) is 20.4 Å². The van der Waals surface area contributed by atoms with Crippen LogP contribution in [0, 0.1) is 13.8 Å². The van der Waals surface area contributed by atoms with Gasteiger partial charge in [0.15, 0.2) is 0 Å². The average Bonchev–Trinajstić information content (AvgIpc) is 2.75. The summed E-state index contributed by atoms with van der Waals surface area (Å²) >= 11 is 1.36. The summed E-state index contributed by atoms with van der Waals surface area (Å²) in [6, 6.07) is 6.42. The number of amides is 1. The molecule has 0 unspecified atom stereocenters. The average molecular weight is 290 g/mol. The molecule has 0 atom stereocenters. The minimum Gasteiger partial charge on any atom is -0.478 e. The normalized spacial score (nSPS) is 10.3. The summed E-state index contributed by atoms with van der Waals surface area (Å²) < 4.78 is 0. The maximum absolute atomic E-state index is 12.0. The van der Waals surface area contributed by atoms with Gasteiger partial charge in [-0.3, -0.25) is 4.79 Å². The number of aromatic nitrogens is 1. The summed E-state index contributed by atoms with van der Waals surface area (Å²) in [6.45, 7) is 4.02. The van der Waals surface area contributed by atoms with Gasteiger partial charge in [-0.1, -0.05) is 12.1 Å². The molecule has 0 spiro atoms. The van der Waals surface area contributed by atoms with Crippen molar-refractivity contribution in [3.05, 3.63) is 51.0 Å². The van der Waals surface area contributed by atoms with E-state index in [1.165, 1.54) is 23.5 Å². The lowest BCUT2D eigenvalue weighted by atomic mass is 10.1. The highest BCUT2D eigenvalue weighted by atomic mass is 32.1. The zero-order chi connectivity index (χ0) is 14.7. The summed E-state index contributed by atoms with van der Waals surface area (Å²) in [5, 5.41) is 12.5. The number of nitrogens with one attached hydrogen (secondary N) is 1. The molecular weight excluding hydrogens is 276 g/mol. The molecule has 104 valence electrons. The highest BCUT2D eigenvalue weighted by Crippen LogP contribution is 2.17. The largest absolute Gasteiger partial charge is 0.478 e. The van der Waals surface area contributed by atoms with Crippen LogP contribution >= 0.6 is 11.3 Å². The maximum Gasteiger partial charge on any atom is 0.335 e. The third-order valence-corrected chi connectivity index (χ3v) is 3.84. The molecule has 0 saturated carbocycles. The van der Waals surface area contributed by atoms with E-state index in [1.807, 2.05) is 6.92 Å². The third kappa shape index (κ3) is 3.21. The Morgan fingerprint density at radius 2 is 1.90 bits per heavy atom. The van der Waals surface area contributed by atoms with Crippen LogP contribution in [0.5, 0.6) is 0 Å². The summed E-state index contributed by atoms with van der Waals surface area (Å²) in [7, 11) is 0. The molecule has 1 aromatic heterocycles. The molecule has 0 saturated heterocycles. The Labute approximate surface area is 120 Å². The molecule has 2 rings (SSSR count). The Kier molecular flexibility index (Phi) is 4.14. The Hall–Kier alpha value is -2.21. The SMILES string of the molecule is Cc1nc(C)c(C(=O)NCc2ccc(C(=O)O)cc2)s1. The molecule has 2 N–H and O–H groups in total. The van der Waals surface area contributed by atoms with E-state index in [-0.39, 0.29) is 11.5 Å². The van der Waals surface area contributed by atoms with Gasteiger partial charge in [0.25, 0.3) is 5.91 Å². The number of benzene rings is 1. The lowest BCUT2D eigenvalue weighted by molar-refractivity contribution is 0.0696. The Morgan fingerprint density at radius 3 is 2.40 bits per heavy atom. The van der Waals surface area contributed by atoms with Crippen LogP contribution < -0.4 is 5.32 Å². The number of carbonyl (C=O) groups is 2. The van der Waals surface area contributed by atoms with Gasteiger partial charge in [-0.15, -0.1) is 11.3 Å². The van der Waals surface area contributed by atoms with Gasteiger partial charge < -0.3 is 10.4 Å². The molecule has 0 aliphatic heterocycles. The van der Waals surface area contributed by atoms with Gasteiger partial charge in [0, 0.05) is 6.54 Å². The van der Waals surface area contributed by atoms with Crippen molar-refractivity contribution in [2.75, 3.05) is 0 Å². The molecule has 20 heavy (non-hydrogen) atoms. The summed E-state index contributed by atoms with van der Waals surface area (Å²) in [6.07, 6.45) is 0. The van der Waals surface area contributed by atoms with Crippen LogP contribution in [0.3, 0.4) is 0 Å². The number of hydrogen-bond donors (Lipinski definition) is 2.